The van der Waals surface area contributed by atoms with E-state index in [1.807, 2.05) is 45.9 Å². The van der Waals surface area contributed by atoms with Crippen molar-refractivity contribution >= 4 is 11.7 Å². The highest BCUT2D eigenvalue weighted by Crippen LogP contribution is 2.40. The van der Waals surface area contributed by atoms with E-state index in [9.17, 15) is 4.79 Å². The van der Waals surface area contributed by atoms with Crippen molar-refractivity contribution in [3.05, 3.63) is 23.8 Å². The quantitative estimate of drug-likeness (QED) is 0.727. The summed E-state index contributed by atoms with van der Waals surface area (Å²) in [5.74, 6) is 0.783. The van der Waals surface area contributed by atoms with Crippen LogP contribution in [0.25, 0.3) is 0 Å². The molecule has 0 fully saturated rings. The Morgan fingerprint density at radius 3 is 2.80 bits per heavy atom. The Morgan fingerprint density at radius 1 is 1.45 bits per heavy atom. The monoisotopic (exact) mass is 277 g/mol. The molecule has 1 atom stereocenters. The first-order chi connectivity index (χ1) is 9.27. The van der Waals surface area contributed by atoms with Gasteiger partial charge in [-0.05, 0) is 45.9 Å². The van der Waals surface area contributed by atoms with Crippen LogP contribution in [0.1, 0.15) is 45.7 Å². The zero-order valence-corrected chi connectivity index (χ0v) is 12.5. The molecule has 1 aliphatic rings. The van der Waals surface area contributed by atoms with Crippen LogP contribution < -0.4 is 21.1 Å². The van der Waals surface area contributed by atoms with E-state index in [0.717, 1.165) is 11.3 Å². The highest BCUT2D eigenvalue weighted by atomic mass is 16.5. The van der Waals surface area contributed by atoms with Crippen molar-refractivity contribution in [2.45, 2.75) is 51.8 Å². The molecule has 1 unspecified atom stereocenters. The first-order valence-corrected chi connectivity index (χ1v) is 6.92. The van der Waals surface area contributed by atoms with E-state index < -0.39 is 0 Å². The number of nitrogens with one attached hydrogen (secondary N) is 2. The summed E-state index contributed by atoms with van der Waals surface area (Å²) < 4.78 is 5.94. The first-order valence-electron chi connectivity index (χ1n) is 6.92. The molecule has 2 amide bonds. The number of ether oxygens (including phenoxy) is 1. The zero-order chi connectivity index (χ0) is 14.9. The predicted molar refractivity (Wildman–Crippen MR) is 79.7 cm³/mol. The van der Waals surface area contributed by atoms with Crippen molar-refractivity contribution in [3.63, 3.8) is 0 Å². The summed E-state index contributed by atoms with van der Waals surface area (Å²) in [7, 11) is 0. The minimum atomic E-state index is -0.321. The summed E-state index contributed by atoms with van der Waals surface area (Å²) in [6.45, 7) is 7.89. The molecule has 110 valence electrons. The number of anilines is 1. The van der Waals surface area contributed by atoms with E-state index in [4.69, 9.17) is 10.5 Å². The van der Waals surface area contributed by atoms with Crippen LogP contribution in [0.15, 0.2) is 18.2 Å². The molecule has 0 aliphatic carbocycles. The number of carbonyl (C=O) groups is 1. The fourth-order valence-electron chi connectivity index (χ4n) is 2.46. The molecule has 1 aliphatic heterocycles. The lowest BCUT2D eigenvalue weighted by Crippen LogP contribution is -2.46. The molecule has 20 heavy (non-hydrogen) atoms. The molecule has 0 spiro atoms. The molecule has 0 aromatic heterocycles. The second-order valence-corrected chi connectivity index (χ2v) is 6.19. The van der Waals surface area contributed by atoms with Gasteiger partial charge in [-0.1, -0.05) is 0 Å². The Labute approximate surface area is 119 Å². The van der Waals surface area contributed by atoms with Gasteiger partial charge in [0.2, 0.25) is 0 Å². The maximum absolute atomic E-state index is 11.9. The normalized spacial score (nSPS) is 19.9. The highest BCUT2D eigenvalue weighted by molar-refractivity contribution is 5.75. The number of amides is 2. The van der Waals surface area contributed by atoms with Crippen LogP contribution in [0.5, 0.6) is 5.75 Å². The molecule has 0 radical (unpaired) electrons. The maximum Gasteiger partial charge on any atom is 0.315 e. The third-order valence-corrected chi connectivity index (χ3v) is 3.22. The van der Waals surface area contributed by atoms with Gasteiger partial charge in [0.15, 0.2) is 0 Å². The Kier molecular flexibility index (Phi) is 3.79. The largest absolute Gasteiger partial charge is 0.487 e. The molecule has 1 aromatic carbocycles. The summed E-state index contributed by atoms with van der Waals surface area (Å²) in [5.41, 5.74) is 7.12. The van der Waals surface area contributed by atoms with Gasteiger partial charge in [0.25, 0.3) is 0 Å². The standard InChI is InChI=1S/C15H23N3O2/c1-9(2)17-14(19)18-12-8-15(3,4)20-13-6-5-10(16)7-11(12)13/h5-7,9,12H,8,16H2,1-4H3,(H2,17,18,19). The number of carbonyl (C=O) groups excluding carboxylic acids is 1. The predicted octanol–water partition coefficient (Wildman–Crippen LogP) is 2.58. The van der Waals surface area contributed by atoms with E-state index in [1.165, 1.54) is 0 Å². The number of rotatable bonds is 2. The molecule has 1 heterocycles. The van der Waals surface area contributed by atoms with Gasteiger partial charge >= 0.3 is 6.03 Å². The van der Waals surface area contributed by atoms with Gasteiger partial charge in [-0.25, -0.2) is 4.79 Å². The van der Waals surface area contributed by atoms with Crippen LogP contribution in [0.2, 0.25) is 0 Å². The molecule has 2 rings (SSSR count). The smallest absolute Gasteiger partial charge is 0.315 e. The lowest BCUT2D eigenvalue weighted by Gasteiger charge is -2.38. The number of fused-ring (bicyclic) bond motifs is 1. The topological polar surface area (TPSA) is 76.4 Å². The van der Waals surface area contributed by atoms with E-state index >= 15 is 0 Å². The summed E-state index contributed by atoms with van der Waals surface area (Å²) in [6.07, 6.45) is 0.703. The minimum Gasteiger partial charge on any atom is -0.487 e. The van der Waals surface area contributed by atoms with Gasteiger partial charge in [-0.15, -0.1) is 0 Å². The van der Waals surface area contributed by atoms with Crippen LogP contribution in [-0.2, 0) is 0 Å². The second kappa shape index (κ2) is 5.23. The summed E-state index contributed by atoms with van der Waals surface area (Å²) >= 11 is 0. The molecule has 0 saturated carbocycles. The molecular weight excluding hydrogens is 254 g/mol. The van der Waals surface area contributed by atoms with Crippen LogP contribution in [0.4, 0.5) is 10.5 Å². The van der Waals surface area contributed by atoms with Crippen molar-refractivity contribution in [1.82, 2.24) is 10.6 Å². The van der Waals surface area contributed by atoms with Crippen LogP contribution in [-0.4, -0.2) is 17.7 Å². The number of benzene rings is 1. The number of hydrogen-bond donors (Lipinski definition) is 3. The Balaban J connectivity index is 2.24. The van der Waals surface area contributed by atoms with Crippen molar-refractivity contribution in [3.8, 4) is 5.75 Å². The van der Waals surface area contributed by atoms with E-state index in [0.29, 0.717) is 12.1 Å². The first kappa shape index (κ1) is 14.5. The SMILES string of the molecule is CC(C)NC(=O)NC1CC(C)(C)Oc2ccc(N)cc21. The average Bonchev–Trinajstić information content (AvgIpc) is 2.28. The van der Waals surface area contributed by atoms with Gasteiger partial charge in [0.05, 0.1) is 6.04 Å². The molecule has 5 heteroatoms. The third-order valence-electron chi connectivity index (χ3n) is 3.22. The molecule has 5 nitrogen and oxygen atoms in total. The number of urea groups is 1. The average molecular weight is 277 g/mol. The van der Waals surface area contributed by atoms with Gasteiger partial charge in [0, 0.05) is 23.7 Å². The summed E-state index contributed by atoms with van der Waals surface area (Å²) in [5, 5.41) is 5.84. The molecule has 1 aromatic rings. The van der Waals surface area contributed by atoms with Crippen molar-refractivity contribution in [2.24, 2.45) is 0 Å². The van der Waals surface area contributed by atoms with Crippen molar-refractivity contribution in [1.29, 1.82) is 0 Å². The summed E-state index contributed by atoms with van der Waals surface area (Å²) in [4.78, 5) is 11.9. The Morgan fingerprint density at radius 2 is 2.15 bits per heavy atom. The van der Waals surface area contributed by atoms with Gasteiger partial charge in [0.1, 0.15) is 11.4 Å². The van der Waals surface area contributed by atoms with Crippen LogP contribution in [0, 0.1) is 0 Å². The maximum atomic E-state index is 11.9. The van der Waals surface area contributed by atoms with E-state index in [1.54, 1.807) is 0 Å². The number of hydrogen-bond acceptors (Lipinski definition) is 3. The van der Waals surface area contributed by atoms with Crippen LogP contribution in [0.3, 0.4) is 0 Å². The third kappa shape index (κ3) is 3.35. The summed E-state index contributed by atoms with van der Waals surface area (Å²) in [6, 6.07) is 5.37. The van der Waals surface area contributed by atoms with Crippen molar-refractivity contribution < 1.29 is 9.53 Å². The Hall–Kier alpha value is -1.91. The Bertz CT molecular complexity index is 512. The van der Waals surface area contributed by atoms with Gasteiger partial charge in [-0.3, -0.25) is 0 Å². The number of nitrogen functional groups attached to an aromatic ring is 1. The zero-order valence-electron chi connectivity index (χ0n) is 12.5. The lowest BCUT2D eigenvalue weighted by molar-refractivity contribution is 0.0679. The van der Waals surface area contributed by atoms with Gasteiger partial charge < -0.3 is 21.1 Å². The molecule has 0 saturated heterocycles. The molecule has 0 bridgehead atoms. The molecule has 4 N–H and O–H groups in total. The second-order valence-electron chi connectivity index (χ2n) is 6.19. The van der Waals surface area contributed by atoms with Gasteiger partial charge in [-0.2, -0.15) is 0 Å². The van der Waals surface area contributed by atoms with Crippen LogP contribution >= 0.6 is 0 Å². The highest BCUT2D eigenvalue weighted by Gasteiger charge is 2.34. The number of nitrogens with two attached hydrogens (primary N) is 1. The fourth-order valence-corrected chi connectivity index (χ4v) is 2.46. The molecular formula is C15H23N3O2. The lowest BCUT2D eigenvalue weighted by atomic mass is 9.89. The van der Waals surface area contributed by atoms with Crippen molar-refractivity contribution in [2.75, 3.05) is 5.73 Å². The minimum absolute atomic E-state index is 0.100. The van der Waals surface area contributed by atoms with E-state index in [-0.39, 0.29) is 23.7 Å². The fraction of sp³-hybridized carbons (Fsp3) is 0.533. The van der Waals surface area contributed by atoms with E-state index in [2.05, 4.69) is 10.6 Å².